The van der Waals surface area contributed by atoms with Crippen LogP contribution in [0, 0.1) is 0 Å². The number of nitrogens with one attached hydrogen (secondary N) is 1. The molecule has 23 heavy (non-hydrogen) atoms. The van der Waals surface area contributed by atoms with Crippen molar-refractivity contribution in [2.24, 2.45) is 11.5 Å². The number of aliphatic hydroxyl groups excluding tert-OH is 3. The second kappa shape index (κ2) is 7.87. The highest BCUT2D eigenvalue weighted by Crippen LogP contribution is 2.28. The van der Waals surface area contributed by atoms with Gasteiger partial charge in [-0.15, -0.1) is 12.4 Å². The molecule has 10 heteroatoms. The van der Waals surface area contributed by atoms with Crippen molar-refractivity contribution >= 4 is 12.4 Å². The van der Waals surface area contributed by atoms with Crippen LogP contribution in [0.4, 0.5) is 0 Å². The average Bonchev–Trinajstić information content (AvgIpc) is 2.43. The molecule has 0 radical (unpaired) electrons. The molecule has 9 atom stereocenters. The smallest absolute Gasteiger partial charge is 0.185 e. The largest absolute Gasteiger partial charge is 0.389 e. The second-order valence-electron chi connectivity index (χ2n) is 6.44. The van der Waals surface area contributed by atoms with E-state index in [-0.39, 0.29) is 25.4 Å². The number of ether oxygens (including phenoxy) is 2. The fourth-order valence-electron chi connectivity index (χ4n) is 3.19. The fraction of sp³-hybridized carbons (Fsp3) is 1.00. The van der Waals surface area contributed by atoms with Gasteiger partial charge in [-0.05, 0) is 20.4 Å². The van der Waals surface area contributed by atoms with E-state index in [0.717, 1.165) is 0 Å². The monoisotopic (exact) mass is 357 g/mol. The molecule has 2 fully saturated rings. The first-order valence-corrected chi connectivity index (χ1v) is 7.41. The molecule has 0 aromatic rings. The lowest BCUT2D eigenvalue weighted by molar-refractivity contribution is -0.296. The van der Waals surface area contributed by atoms with E-state index in [1.54, 1.807) is 7.05 Å². The normalized spacial score (nSPS) is 51.1. The number of rotatable bonds is 3. The molecule has 138 valence electrons. The number of aliphatic hydroxyl groups is 4. The Morgan fingerprint density at radius 1 is 1.13 bits per heavy atom. The zero-order valence-corrected chi connectivity index (χ0v) is 14.0. The molecule has 2 rings (SSSR count). The Bertz CT molecular complexity index is 391. The van der Waals surface area contributed by atoms with E-state index in [2.05, 4.69) is 5.32 Å². The third kappa shape index (κ3) is 4.13. The summed E-state index contributed by atoms with van der Waals surface area (Å²) in [6, 6.07) is -1.90. The fourth-order valence-corrected chi connectivity index (χ4v) is 3.19. The van der Waals surface area contributed by atoms with Crippen LogP contribution < -0.4 is 16.8 Å². The molecule has 9 N–H and O–H groups in total. The number of nitrogens with two attached hydrogens (primary N) is 2. The zero-order valence-electron chi connectivity index (χ0n) is 13.2. The van der Waals surface area contributed by atoms with Crippen LogP contribution in [0.3, 0.4) is 0 Å². The summed E-state index contributed by atoms with van der Waals surface area (Å²) in [4.78, 5) is 0. The van der Waals surface area contributed by atoms with Gasteiger partial charge in [-0.3, -0.25) is 0 Å². The summed E-state index contributed by atoms with van der Waals surface area (Å²) in [5, 5.41) is 43.2. The molecule has 1 aliphatic heterocycles. The molecule has 8 unspecified atom stereocenters. The second-order valence-corrected chi connectivity index (χ2v) is 6.44. The van der Waals surface area contributed by atoms with Gasteiger partial charge in [-0.1, -0.05) is 0 Å². The van der Waals surface area contributed by atoms with Crippen molar-refractivity contribution in [2.45, 2.75) is 67.8 Å². The van der Waals surface area contributed by atoms with Gasteiger partial charge in [-0.25, -0.2) is 0 Å². The predicted molar refractivity (Wildman–Crippen MR) is 83.9 cm³/mol. The molecular formula is C13H28ClN3O6. The Balaban J connectivity index is 0.00000264. The molecule has 1 saturated heterocycles. The van der Waals surface area contributed by atoms with Gasteiger partial charge in [0.05, 0.1) is 18.8 Å². The van der Waals surface area contributed by atoms with Crippen molar-refractivity contribution in [1.29, 1.82) is 0 Å². The minimum atomic E-state index is -1.27. The van der Waals surface area contributed by atoms with Gasteiger partial charge < -0.3 is 46.7 Å². The molecule has 2 aliphatic rings. The predicted octanol–water partition coefficient (Wildman–Crippen LogP) is -3.37. The maximum absolute atomic E-state index is 10.3. The highest BCUT2D eigenvalue weighted by Gasteiger charge is 2.49. The van der Waals surface area contributed by atoms with E-state index in [1.807, 2.05) is 0 Å². The zero-order chi connectivity index (χ0) is 16.7. The van der Waals surface area contributed by atoms with Gasteiger partial charge in [0.25, 0.3) is 0 Å². The van der Waals surface area contributed by atoms with E-state index < -0.39 is 54.4 Å². The lowest BCUT2D eigenvalue weighted by atomic mass is 9.84. The highest BCUT2D eigenvalue weighted by molar-refractivity contribution is 5.85. The van der Waals surface area contributed by atoms with Crippen LogP contribution in [-0.4, -0.2) is 88.5 Å². The molecule has 0 amide bonds. The molecule has 0 bridgehead atoms. The first-order valence-electron chi connectivity index (χ1n) is 7.41. The van der Waals surface area contributed by atoms with Crippen molar-refractivity contribution in [3.05, 3.63) is 0 Å². The van der Waals surface area contributed by atoms with Crippen LogP contribution in [0.2, 0.25) is 0 Å². The van der Waals surface area contributed by atoms with Crippen LogP contribution in [-0.2, 0) is 9.47 Å². The van der Waals surface area contributed by atoms with E-state index >= 15 is 0 Å². The Morgan fingerprint density at radius 3 is 2.30 bits per heavy atom. The molecule has 1 heterocycles. The first-order chi connectivity index (χ1) is 10.2. The Labute approximate surface area is 141 Å². The number of hydrogen-bond acceptors (Lipinski definition) is 9. The average molecular weight is 358 g/mol. The standard InChI is InChI=1S/C13H27N3O6.ClH/c1-13(20)4-21-12(9(19)11(13)16-2)22-10-6(15)3-5(14)7(17)8(10)18;/h5-12,16-20H,3-4,14-15H2,1-2H3;1H/t5?,6?,7?,8?,9?,10?,11?,12?,13-;/m0./s1. The number of likely N-dealkylation sites (N-methyl/N-ethyl adjacent to an activating group) is 1. The minimum absolute atomic E-state index is 0. The van der Waals surface area contributed by atoms with Crippen molar-refractivity contribution in [3.63, 3.8) is 0 Å². The van der Waals surface area contributed by atoms with Gasteiger partial charge in [-0.2, -0.15) is 0 Å². The maximum Gasteiger partial charge on any atom is 0.185 e. The van der Waals surface area contributed by atoms with Crippen LogP contribution in [0.25, 0.3) is 0 Å². The van der Waals surface area contributed by atoms with Crippen LogP contribution >= 0.6 is 12.4 Å². The van der Waals surface area contributed by atoms with Crippen molar-refractivity contribution in [2.75, 3.05) is 13.7 Å². The molecule has 0 aromatic heterocycles. The summed E-state index contributed by atoms with van der Waals surface area (Å²) >= 11 is 0. The van der Waals surface area contributed by atoms with E-state index in [4.69, 9.17) is 20.9 Å². The van der Waals surface area contributed by atoms with Gasteiger partial charge in [0, 0.05) is 12.1 Å². The SMILES string of the molecule is CNC1C(O)C(OC2C(N)CC(N)C(O)C2O)OC[C@]1(C)O.Cl. The summed E-state index contributed by atoms with van der Waals surface area (Å²) in [5.41, 5.74) is 10.4. The summed E-state index contributed by atoms with van der Waals surface area (Å²) in [5.74, 6) is 0. The lowest BCUT2D eigenvalue weighted by Crippen LogP contribution is -2.68. The summed E-state index contributed by atoms with van der Waals surface area (Å²) in [6.45, 7) is 1.48. The van der Waals surface area contributed by atoms with Gasteiger partial charge in [0.2, 0.25) is 0 Å². The van der Waals surface area contributed by atoms with Gasteiger partial charge >= 0.3 is 0 Å². The van der Waals surface area contributed by atoms with Crippen molar-refractivity contribution < 1.29 is 29.9 Å². The minimum Gasteiger partial charge on any atom is -0.389 e. The molecule has 1 saturated carbocycles. The molecule has 1 aliphatic carbocycles. The Kier molecular flexibility index (Phi) is 7.18. The molecule has 0 aromatic carbocycles. The highest BCUT2D eigenvalue weighted by atomic mass is 35.5. The molecule has 9 nitrogen and oxygen atoms in total. The topological polar surface area (TPSA) is 163 Å². The maximum atomic E-state index is 10.3. The quantitative estimate of drug-likeness (QED) is 0.273. The third-order valence-electron chi connectivity index (χ3n) is 4.52. The van der Waals surface area contributed by atoms with Gasteiger partial charge in [0.15, 0.2) is 6.29 Å². The van der Waals surface area contributed by atoms with E-state index in [0.29, 0.717) is 0 Å². The van der Waals surface area contributed by atoms with Crippen LogP contribution in [0.5, 0.6) is 0 Å². The lowest BCUT2D eigenvalue weighted by Gasteiger charge is -2.47. The van der Waals surface area contributed by atoms with E-state index in [1.165, 1.54) is 6.92 Å². The van der Waals surface area contributed by atoms with Crippen LogP contribution in [0.1, 0.15) is 13.3 Å². The Morgan fingerprint density at radius 2 is 1.74 bits per heavy atom. The van der Waals surface area contributed by atoms with Crippen LogP contribution in [0.15, 0.2) is 0 Å². The number of halogens is 1. The summed E-state index contributed by atoms with van der Waals surface area (Å²) in [6.07, 6.45) is -5.32. The molecule has 0 spiro atoms. The number of hydrogen-bond donors (Lipinski definition) is 7. The molecular weight excluding hydrogens is 330 g/mol. The van der Waals surface area contributed by atoms with Crippen molar-refractivity contribution in [1.82, 2.24) is 5.32 Å². The third-order valence-corrected chi connectivity index (χ3v) is 4.52. The first kappa shape index (κ1) is 21.0. The van der Waals surface area contributed by atoms with Crippen molar-refractivity contribution in [3.8, 4) is 0 Å². The summed E-state index contributed by atoms with van der Waals surface area (Å²) in [7, 11) is 1.61. The van der Waals surface area contributed by atoms with E-state index in [9.17, 15) is 20.4 Å². The summed E-state index contributed by atoms with van der Waals surface area (Å²) < 4.78 is 11.0. The Hall–Kier alpha value is -0.0700. The van der Waals surface area contributed by atoms with Gasteiger partial charge in [0.1, 0.15) is 23.9 Å².